The van der Waals surface area contributed by atoms with Gasteiger partial charge in [-0.15, -0.1) is 13.2 Å². The van der Waals surface area contributed by atoms with Crippen molar-refractivity contribution in [3.8, 4) is 0 Å². The van der Waals surface area contributed by atoms with E-state index in [1.807, 2.05) is 0 Å². The minimum absolute atomic E-state index is 0.315. The minimum Gasteiger partial charge on any atom is -0.463 e. The smallest absolute Gasteiger partial charge is 0.463 e. The lowest BCUT2D eigenvalue weighted by atomic mass is 10.5. The topological polar surface area (TPSA) is 54.0 Å². The van der Waals surface area contributed by atoms with Crippen LogP contribution in [0.5, 0.6) is 0 Å². The average Bonchev–Trinajstić information content (AvgIpc) is 2.41. The lowest BCUT2D eigenvalue weighted by molar-refractivity contribution is -0.137. The van der Waals surface area contributed by atoms with E-state index in [0.29, 0.717) is 19.1 Å². The zero-order valence-corrected chi connectivity index (χ0v) is 11.9. The molecule has 0 aromatic heterocycles. The second-order valence-electron chi connectivity index (χ2n) is 2.77. The Morgan fingerprint density at radius 1 is 1.18 bits per heavy atom. The van der Waals surface area contributed by atoms with Gasteiger partial charge in [-0.25, -0.2) is 4.79 Å². The lowest BCUT2D eigenvalue weighted by Crippen LogP contribution is -2.42. The van der Waals surface area contributed by atoms with Crippen LogP contribution < -0.4 is 0 Å². The predicted octanol–water partition coefficient (Wildman–Crippen LogP) is 1.79. The first-order valence-corrected chi connectivity index (χ1v) is 7.02. The van der Waals surface area contributed by atoms with E-state index in [0.717, 1.165) is 6.08 Å². The monoisotopic (exact) mass is 262 g/mol. The second kappa shape index (κ2) is 11.5. The van der Waals surface area contributed by atoms with Crippen LogP contribution in [-0.2, 0) is 22.8 Å². The van der Waals surface area contributed by atoms with Crippen molar-refractivity contribution >= 4 is 14.8 Å². The first-order chi connectivity index (χ1) is 8.14. The largest absolute Gasteiger partial charge is 0.500 e. The Hall–Kier alpha value is -0.953. The van der Waals surface area contributed by atoms with E-state index in [9.17, 15) is 4.79 Å². The summed E-state index contributed by atoms with van der Waals surface area (Å²) < 4.78 is 20.4. The molecule has 0 unspecified atom stereocenters. The number of hydrogen-bond acceptors (Lipinski definition) is 5. The number of carbonyl (C=O) groups excluding carboxylic acids is 1. The maximum atomic E-state index is 10.7. The van der Waals surface area contributed by atoms with Gasteiger partial charge in [0.25, 0.3) is 0 Å². The maximum absolute atomic E-state index is 10.7. The van der Waals surface area contributed by atoms with Crippen LogP contribution in [0.1, 0.15) is 6.42 Å². The molecule has 0 N–H and O–H groups in total. The molecule has 0 rings (SSSR count). The molecule has 17 heavy (non-hydrogen) atoms. The van der Waals surface area contributed by atoms with E-state index in [-0.39, 0.29) is 0 Å². The van der Waals surface area contributed by atoms with Gasteiger partial charge in [-0.3, -0.25) is 0 Å². The molecule has 0 atom stereocenters. The molecule has 100 valence electrons. The summed E-state index contributed by atoms with van der Waals surface area (Å²) in [5.74, 6) is -0.422. The van der Waals surface area contributed by atoms with Gasteiger partial charge in [-0.1, -0.05) is 6.58 Å². The van der Waals surface area contributed by atoms with Gasteiger partial charge >= 0.3 is 14.8 Å². The highest BCUT2D eigenvalue weighted by atomic mass is 28.4. The molecule has 0 fully saturated rings. The molecule has 0 spiro atoms. The Morgan fingerprint density at radius 3 is 2.00 bits per heavy atom. The van der Waals surface area contributed by atoms with Crippen molar-refractivity contribution in [2.45, 2.75) is 12.5 Å². The van der Waals surface area contributed by atoms with Crippen LogP contribution in [0, 0.1) is 0 Å². The van der Waals surface area contributed by atoms with Gasteiger partial charge in [0.15, 0.2) is 0 Å². The number of rotatable bonds is 8. The van der Waals surface area contributed by atoms with Crippen LogP contribution in [0.2, 0.25) is 6.04 Å². The Kier molecular flexibility index (Phi) is 12.5. The molecule has 0 aliphatic heterocycles. The molecule has 0 aliphatic rings. The van der Waals surface area contributed by atoms with E-state index in [2.05, 4.69) is 19.7 Å². The molecule has 0 heterocycles. The van der Waals surface area contributed by atoms with Gasteiger partial charge in [0.1, 0.15) is 0 Å². The summed E-state index contributed by atoms with van der Waals surface area (Å²) in [5.41, 5.74) is 0. The zero-order chi connectivity index (χ0) is 13.7. The van der Waals surface area contributed by atoms with Gasteiger partial charge < -0.3 is 18.0 Å². The summed E-state index contributed by atoms with van der Waals surface area (Å²) in [6.07, 6.45) is 1.77. The van der Waals surface area contributed by atoms with Crippen LogP contribution in [-0.4, -0.2) is 42.7 Å². The van der Waals surface area contributed by atoms with Crippen LogP contribution >= 0.6 is 0 Å². The summed E-state index contributed by atoms with van der Waals surface area (Å²) in [6, 6.07) is 0.612. The molecule has 0 saturated carbocycles. The van der Waals surface area contributed by atoms with Crippen molar-refractivity contribution in [2.75, 3.05) is 27.9 Å². The summed E-state index contributed by atoms with van der Waals surface area (Å²) >= 11 is 0. The fraction of sp³-hybridized carbons (Fsp3) is 0.545. The zero-order valence-electron chi connectivity index (χ0n) is 10.9. The second-order valence-corrected chi connectivity index (χ2v) is 5.86. The Morgan fingerprint density at radius 2 is 1.65 bits per heavy atom. The van der Waals surface area contributed by atoms with E-state index < -0.39 is 14.8 Å². The molecule has 0 bridgehead atoms. The summed E-state index contributed by atoms with van der Waals surface area (Å²) in [4.78, 5) is 10.7. The number of ether oxygens (including phenoxy) is 1. The van der Waals surface area contributed by atoms with Crippen LogP contribution in [0.15, 0.2) is 25.8 Å². The van der Waals surface area contributed by atoms with Gasteiger partial charge in [0.2, 0.25) is 0 Å². The van der Waals surface area contributed by atoms with E-state index >= 15 is 0 Å². The SMILES string of the molecule is C=C.C=CC(=O)OCCC[Si](OC)(OC)OC. The predicted molar refractivity (Wildman–Crippen MR) is 68.6 cm³/mol. The van der Waals surface area contributed by atoms with E-state index in [1.54, 1.807) is 21.3 Å². The Bertz CT molecular complexity index is 208. The van der Waals surface area contributed by atoms with Gasteiger partial charge in [-0.2, -0.15) is 0 Å². The standard InChI is InChI=1S/C9H18O5Si.C2H4/c1-5-9(10)14-7-6-8-15(11-2,12-3)13-4;1-2/h5H,1,6-8H2,2-4H3;1-2H2. The first kappa shape index (κ1) is 18.4. The third-order valence-electron chi connectivity index (χ3n) is 1.97. The van der Waals surface area contributed by atoms with E-state index in [4.69, 9.17) is 18.0 Å². The number of carbonyl (C=O) groups is 1. The van der Waals surface area contributed by atoms with Crippen molar-refractivity contribution in [3.05, 3.63) is 25.8 Å². The highest BCUT2D eigenvalue weighted by molar-refractivity contribution is 6.60. The van der Waals surface area contributed by atoms with Gasteiger partial charge in [0.05, 0.1) is 6.61 Å². The van der Waals surface area contributed by atoms with Crippen molar-refractivity contribution in [1.82, 2.24) is 0 Å². The molecule has 0 aromatic carbocycles. The normalized spacial score (nSPS) is 10.1. The fourth-order valence-corrected chi connectivity index (χ4v) is 2.77. The van der Waals surface area contributed by atoms with E-state index in [1.165, 1.54) is 0 Å². The quantitative estimate of drug-likeness (QED) is 0.219. The van der Waals surface area contributed by atoms with Crippen molar-refractivity contribution in [3.63, 3.8) is 0 Å². The molecule has 0 aliphatic carbocycles. The van der Waals surface area contributed by atoms with Crippen LogP contribution in [0.25, 0.3) is 0 Å². The number of esters is 1. The Balaban J connectivity index is 0. The third kappa shape index (κ3) is 7.86. The summed E-state index contributed by atoms with van der Waals surface area (Å²) in [5, 5.41) is 0. The first-order valence-electron chi connectivity index (χ1n) is 5.08. The fourth-order valence-electron chi connectivity index (χ4n) is 1.08. The minimum atomic E-state index is -2.52. The molecule has 0 radical (unpaired) electrons. The molecule has 6 heteroatoms. The van der Waals surface area contributed by atoms with Crippen molar-refractivity contribution in [1.29, 1.82) is 0 Å². The maximum Gasteiger partial charge on any atom is 0.500 e. The highest BCUT2D eigenvalue weighted by Gasteiger charge is 2.36. The number of hydrogen-bond donors (Lipinski definition) is 0. The Labute approximate surface area is 104 Å². The van der Waals surface area contributed by atoms with Crippen LogP contribution in [0.3, 0.4) is 0 Å². The van der Waals surface area contributed by atoms with Crippen molar-refractivity contribution in [2.24, 2.45) is 0 Å². The lowest BCUT2D eigenvalue weighted by Gasteiger charge is -2.23. The summed E-state index contributed by atoms with van der Waals surface area (Å²) in [6.45, 7) is 9.61. The van der Waals surface area contributed by atoms with Gasteiger partial charge in [0, 0.05) is 33.4 Å². The summed E-state index contributed by atoms with van der Waals surface area (Å²) in [7, 11) is 2.13. The molecule has 5 nitrogen and oxygen atoms in total. The van der Waals surface area contributed by atoms with Crippen molar-refractivity contribution < 1.29 is 22.8 Å². The molecular weight excluding hydrogens is 240 g/mol. The third-order valence-corrected chi connectivity index (χ3v) is 4.80. The van der Waals surface area contributed by atoms with Gasteiger partial charge in [-0.05, 0) is 6.42 Å². The van der Waals surface area contributed by atoms with Crippen LogP contribution in [0.4, 0.5) is 0 Å². The molecular formula is C11H22O5Si. The highest BCUT2D eigenvalue weighted by Crippen LogP contribution is 2.14. The molecule has 0 aromatic rings. The average molecular weight is 262 g/mol. The molecule has 0 amide bonds. The molecule has 0 saturated heterocycles.